The molecule has 1 aliphatic carbocycles. The molecule has 7 heteroatoms. The van der Waals surface area contributed by atoms with E-state index in [9.17, 15) is 4.79 Å². The van der Waals surface area contributed by atoms with Gasteiger partial charge in [-0.2, -0.15) is 0 Å². The quantitative estimate of drug-likeness (QED) is 0.501. The van der Waals surface area contributed by atoms with Crippen molar-refractivity contribution in [2.24, 2.45) is 0 Å². The summed E-state index contributed by atoms with van der Waals surface area (Å²) in [5.74, 6) is -0.267. The molecule has 1 aromatic rings. The molecule has 2 aliphatic rings. The average Bonchev–Trinajstić information content (AvgIpc) is 2.76. The molecule has 0 atom stereocenters. The Labute approximate surface area is 145 Å². The summed E-state index contributed by atoms with van der Waals surface area (Å²) in [5.41, 5.74) is 1.84. The second kappa shape index (κ2) is 7.59. The molecule has 1 saturated heterocycles. The molecule has 0 saturated carbocycles. The van der Waals surface area contributed by atoms with Gasteiger partial charge in [-0.05, 0) is 43.5 Å². The Hall–Kier alpha value is -1.18. The van der Waals surface area contributed by atoms with Crippen molar-refractivity contribution in [3.63, 3.8) is 0 Å². The largest absolute Gasteiger partial charge is 0.465 e. The van der Waals surface area contributed by atoms with Crippen LogP contribution in [-0.4, -0.2) is 49.4 Å². The third-order valence-electron chi connectivity index (χ3n) is 4.33. The van der Waals surface area contributed by atoms with E-state index in [4.69, 9.17) is 21.7 Å². The van der Waals surface area contributed by atoms with Gasteiger partial charge in [0.2, 0.25) is 0 Å². The maximum absolute atomic E-state index is 12.3. The lowest BCUT2D eigenvalue weighted by Gasteiger charge is -2.29. The van der Waals surface area contributed by atoms with Crippen molar-refractivity contribution >= 4 is 39.6 Å². The summed E-state index contributed by atoms with van der Waals surface area (Å²) < 4.78 is 10.4. The number of anilines is 1. The summed E-state index contributed by atoms with van der Waals surface area (Å²) in [5, 5.41) is 4.79. The third-order valence-corrected chi connectivity index (χ3v) is 5.90. The molecule has 126 valence electrons. The van der Waals surface area contributed by atoms with Gasteiger partial charge in [-0.25, -0.2) is 4.79 Å². The van der Waals surface area contributed by atoms with Crippen LogP contribution in [0, 0.1) is 0 Å². The van der Waals surface area contributed by atoms with E-state index in [0.29, 0.717) is 23.9 Å². The molecule has 1 fully saturated rings. The lowest BCUT2D eigenvalue weighted by Crippen LogP contribution is -2.42. The monoisotopic (exact) mass is 354 g/mol. The molecule has 23 heavy (non-hydrogen) atoms. The molecule has 3 rings (SSSR count). The minimum atomic E-state index is -0.267. The summed E-state index contributed by atoms with van der Waals surface area (Å²) in [6, 6.07) is 0. The number of hydrogen-bond acceptors (Lipinski definition) is 5. The van der Waals surface area contributed by atoms with Gasteiger partial charge in [0.15, 0.2) is 5.11 Å². The number of nitrogens with zero attached hydrogens (tertiary/aromatic N) is 1. The lowest BCUT2D eigenvalue weighted by atomic mass is 10.1. The normalized spacial score (nSPS) is 18.0. The van der Waals surface area contributed by atoms with E-state index in [2.05, 4.69) is 10.2 Å². The van der Waals surface area contributed by atoms with Gasteiger partial charge in [-0.1, -0.05) is 6.42 Å². The first kappa shape index (κ1) is 16.7. The number of hydrogen-bond donors (Lipinski definition) is 1. The van der Waals surface area contributed by atoms with Crippen LogP contribution in [0.5, 0.6) is 0 Å². The molecule has 0 radical (unpaired) electrons. The van der Waals surface area contributed by atoms with Crippen LogP contribution in [0.2, 0.25) is 0 Å². The predicted molar refractivity (Wildman–Crippen MR) is 95.5 cm³/mol. The molecule has 0 bridgehead atoms. The first-order valence-corrected chi connectivity index (χ1v) is 9.29. The van der Waals surface area contributed by atoms with Gasteiger partial charge < -0.3 is 19.7 Å². The fourth-order valence-corrected chi connectivity index (χ4v) is 4.72. The maximum atomic E-state index is 12.3. The molecular weight excluding hydrogens is 332 g/mol. The van der Waals surface area contributed by atoms with Crippen molar-refractivity contribution in [1.82, 2.24) is 4.90 Å². The number of esters is 1. The Morgan fingerprint density at radius 3 is 2.74 bits per heavy atom. The number of morpholine rings is 1. The van der Waals surface area contributed by atoms with Crippen LogP contribution in [-0.2, 0) is 22.3 Å². The molecule has 0 amide bonds. The van der Waals surface area contributed by atoms with Gasteiger partial charge in [-0.3, -0.25) is 0 Å². The van der Waals surface area contributed by atoms with Crippen LogP contribution in [0.1, 0.15) is 40.1 Å². The molecule has 0 spiro atoms. The minimum absolute atomic E-state index is 0.267. The van der Waals surface area contributed by atoms with Crippen molar-refractivity contribution in [1.29, 1.82) is 0 Å². The highest BCUT2D eigenvalue weighted by Crippen LogP contribution is 2.38. The molecular formula is C16H22N2O3S2. The van der Waals surface area contributed by atoms with Crippen LogP contribution in [0.25, 0.3) is 0 Å². The molecule has 0 aromatic carbocycles. The fourth-order valence-electron chi connectivity index (χ4n) is 3.09. The Morgan fingerprint density at radius 1 is 1.26 bits per heavy atom. The van der Waals surface area contributed by atoms with Crippen molar-refractivity contribution < 1.29 is 14.3 Å². The van der Waals surface area contributed by atoms with Crippen molar-refractivity contribution in [3.05, 3.63) is 16.0 Å². The van der Waals surface area contributed by atoms with Crippen LogP contribution in [0.3, 0.4) is 0 Å². The van der Waals surface area contributed by atoms with Gasteiger partial charge in [0.1, 0.15) is 5.00 Å². The zero-order valence-corrected chi connectivity index (χ0v) is 15.0. The summed E-state index contributed by atoms with van der Waals surface area (Å²) >= 11 is 7.17. The van der Waals surface area contributed by atoms with E-state index in [-0.39, 0.29) is 5.97 Å². The van der Waals surface area contributed by atoms with Gasteiger partial charge in [0.25, 0.3) is 0 Å². The number of thiophene rings is 1. The number of nitrogens with one attached hydrogen (secondary N) is 1. The average molecular weight is 354 g/mol. The van der Waals surface area contributed by atoms with Crippen LogP contribution in [0.4, 0.5) is 5.00 Å². The summed E-state index contributed by atoms with van der Waals surface area (Å²) in [7, 11) is 1.44. The maximum Gasteiger partial charge on any atom is 0.341 e. The van der Waals surface area contributed by atoms with E-state index >= 15 is 0 Å². The summed E-state index contributed by atoms with van der Waals surface area (Å²) in [6.45, 7) is 2.94. The summed E-state index contributed by atoms with van der Waals surface area (Å²) in [6.07, 6.45) is 5.51. The first-order valence-electron chi connectivity index (χ1n) is 8.07. The fraction of sp³-hybridized carbons (Fsp3) is 0.625. The molecule has 1 aromatic heterocycles. The van der Waals surface area contributed by atoms with E-state index in [1.807, 2.05) is 0 Å². The Bertz CT molecular complexity index is 594. The smallest absolute Gasteiger partial charge is 0.341 e. The van der Waals surface area contributed by atoms with Gasteiger partial charge in [-0.15, -0.1) is 11.3 Å². The first-order chi connectivity index (χ1) is 11.2. The molecule has 5 nitrogen and oxygen atoms in total. The molecule has 1 N–H and O–H groups in total. The number of thiocarbonyl (C=S) groups is 1. The Kier molecular flexibility index (Phi) is 5.50. The highest BCUT2D eigenvalue weighted by atomic mass is 32.1. The van der Waals surface area contributed by atoms with Crippen LogP contribution < -0.4 is 5.32 Å². The molecule has 2 heterocycles. The van der Waals surface area contributed by atoms with E-state index < -0.39 is 0 Å². The SMILES string of the molecule is COC(=O)c1c(NC(=S)N2CCOCC2)sc2c1CCCCC2. The zero-order valence-electron chi connectivity index (χ0n) is 13.4. The standard InChI is InChI=1S/C16H22N2O3S2/c1-20-15(19)13-11-5-3-2-4-6-12(11)23-14(13)17-16(22)18-7-9-21-10-8-18/h2-10H2,1H3,(H,17,22). The highest BCUT2D eigenvalue weighted by Gasteiger charge is 2.26. The predicted octanol–water partition coefficient (Wildman–Crippen LogP) is 2.83. The van der Waals surface area contributed by atoms with Crippen LogP contribution >= 0.6 is 23.6 Å². The number of carbonyl (C=O) groups excluding carboxylic acids is 1. The summed E-state index contributed by atoms with van der Waals surface area (Å²) in [4.78, 5) is 15.7. The highest BCUT2D eigenvalue weighted by molar-refractivity contribution is 7.80. The Balaban J connectivity index is 1.85. The number of carbonyl (C=O) groups is 1. The zero-order chi connectivity index (χ0) is 16.2. The van der Waals surface area contributed by atoms with E-state index in [0.717, 1.165) is 42.9 Å². The Morgan fingerprint density at radius 2 is 2.00 bits per heavy atom. The topological polar surface area (TPSA) is 50.8 Å². The van der Waals surface area contributed by atoms with Crippen molar-refractivity contribution in [3.8, 4) is 0 Å². The van der Waals surface area contributed by atoms with Gasteiger partial charge >= 0.3 is 5.97 Å². The molecule has 1 aliphatic heterocycles. The van der Waals surface area contributed by atoms with E-state index in [1.165, 1.54) is 24.8 Å². The van der Waals surface area contributed by atoms with Crippen molar-refractivity contribution in [2.75, 3.05) is 38.7 Å². The van der Waals surface area contributed by atoms with Crippen LogP contribution in [0.15, 0.2) is 0 Å². The second-order valence-corrected chi connectivity index (χ2v) is 7.28. The van der Waals surface area contributed by atoms with Gasteiger partial charge in [0, 0.05) is 18.0 Å². The van der Waals surface area contributed by atoms with E-state index in [1.54, 1.807) is 11.3 Å². The lowest BCUT2D eigenvalue weighted by molar-refractivity contribution is 0.0601. The van der Waals surface area contributed by atoms with Crippen molar-refractivity contribution in [2.45, 2.75) is 32.1 Å². The number of aryl methyl sites for hydroxylation is 1. The second-order valence-electron chi connectivity index (χ2n) is 5.79. The number of methoxy groups -OCH3 is 1. The van der Waals surface area contributed by atoms with Gasteiger partial charge in [0.05, 0.1) is 25.9 Å². The number of rotatable bonds is 2. The minimum Gasteiger partial charge on any atom is -0.465 e. The number of ether oxygens (including phenoxy) is 2. The number of fused-ring (bicyclic) bond motifs is 1. The molecule has 0 unspecified atom stereocenters. The third kappa shape index (κ3) is 3.67.